The van der Waals surface area contributed by atoms with Crippen molar-refractivity contribution in [2.24, 2.45) is 11.8 Å². The van der Waals surface area contributed by atoms with Gasteiger partial charge in [-0.2, -0.15) is 0 Å². The second kappa shape index (κ2) is 17.3. The van der Waals surface area contributed by atoms with E-state index < -0.39 is 30.2 Å². The van der Waals surface area contributed by atoms with Gasteiger partial charge in [-0.1, -0.05) is 31.7 Å². The van der Waals surface area contributed by atoms with Crippen molar-refractivity contribution >= 4 is 23.3 Å². The first-order chi connectivity index (χ1) is 29.4. The lowest BCUT2D eigenvalue weighted by atomic mass is 9.81. The number of carbonyl (C=O) groups is 2. The van der Waals surface area contributed by atoms with Crippen LogP contribution in [-0.4, -0.2) is 134 Å². The molecule has 0 radical (unpaired) electrons. The molecule has 0 aliphatic carbocycles. The number of hydrogen-bond acceptors (Lipinski definition) is 12. The number of benzene rings is 1. The molecule has 12 bridgehead atoms. The molecule has 19 atom stereocenters. The van der Waals surface area contributed by atoms with Crippen molar-refractivity contribution in [1.29, 1.82) is 0 Å². The lowest BCUT2D eigenvalue weighted by Gasteiger charge is -2.47. The molecule has 61 heavy (non-hydrogen) atoms. The molecule has 10 aliphatic rings. The maximum atomic E-state index is 14.3. The Morgan fingerprint density at radius 1 is 0.836 bits per heavy atom. The first kappa shape index (κ1) is 42.7. The first-order valence-electron chi connectivity index (χ1n) is 22.8. The largest absolute Gasteiger partial charge is 0.391 e. The second-order valence-corrected chi connectivity index (χ2v) is 19.8. The minimum atomic E-state index is -0.927. The Kier molecular flexibility index (Phi) is 12.1. The first-order valence-corrected chi connectivity index (χ1v) is 23.2. The predicted molar refractivity (Wildman–Crippen MR) is 221 cm³/mol. The predicted octanol–water partition coefficient (Wildman–Crippen LogP) is 5.56. The highest BCUT2D eigenvalue weighted by Crippen LogP contribution is 2.54. The lowest BCUT2D eigenvalue weighted by molar-refractivity contribution is -0.292. The number of rotatable bonds is 6. The van der Waals surface area contributed by atoms with E-state index in [9.17, 15) is 14.7 Å². The highest BCUT2D eigenvalue weighted by atomic mass is 35.5. The third-order valence-corrected chi connectivity index (χ3v) is 15.6. The smallest absolute Gasteiger partial charge is 0.251 e. The topological polar surface area (TPSA) is 149 Å². The number of halogens is 1. The van der Waals surface area contributed by atoms with E-state index in [1.807, 2.05) is 0 Å². The van der Waals surface area contributed by atoms with E-state index in [1.54, 1.807) is 31.4 Å². The molecule has 0 saturated carbocycles. The Hall–Kier alpha value is -2.27. The van der Waals surface area contributed by atoms with Crippen LogP contribution >= 0.6 is 11.6 Å². The minimum Gasteiger partial charge on any atom is -0.391 e. The maximum Gasteiger partial charge on any atom is 0.251 e. The summed E-state index contributed by atoms with van der Waals surface area (Å²) < 4.78 is 60.5. The van der Waals surface area contributed by atoms with Crippen molar-refractivity contribution in [3.63, 3.8) is 0 Å². The van der Waals surface area contributed by atoms with Crippen molar-refractivity contribution in [2.45, 2.75) is 194 Å². The number of aliphatic hydroxyl groups excluding tert-OH is 1. The van der Waals surface area contributed by atoms with Crippen LogP contribution in [0.15, 0.2) is 48.6 Å². The molecule has 1 aromatic rings. The van der Waals surface area contributed by atoms with Gasteiger partial charge in [-0.3, -0.25) is 9.59 Å². The molecule has 0 aromatic heterocycles. The summed E-state index contributed by atoms with van der Waals surface area (Å²) in [5.41, 5.74) is 2.58. The molecule has 1 unspecified atom stereocenters. The fraction of sp³-hybridized carbons (Fsp3) is 0.745. The number of nitrogens with one attached hydrogen (secondary N) is 1. The molecule has 13 nitrogen and oxygen atoms in total. The number of aliphatic hydroxyl groups is 1. The standard InChI is InChI=1S/C47H62ClNO12/c1-23-15-30-9-11-34-24(2)16-32(54-34)13-14-47-21-39-42(60-47)43-44(59-39)45(61-47)41-35(58-43)12-10-31(56-41)17-28(50)18-33-37(20-36(55-30)25(23)3)57-38(40(33)53-4)19-29(51)22-49-46(52)26-5-7-27(48)8-6-26/h5-8,23,29-45,51H,2-3,9-22H2,1,4H3,(H,49,52)/t23-,29+,30+,31-,32+,33+,34+,35+,36-,37+,38-,39-,40-,41+,42+,43?,44-,45+,47+/m1/s1. The van der Waals surface area contributed by atoms with Gasteiger partial charge >= 0.3 is 0 Å². The van der Waals surface area contributed by atoms with E-state index in [-0.39, 0.29) is 123 Å². The van der Waals surface area contributed by atoms with E-state index in [0.717, 1.165) is 49.7 Å². The average Bonchev–Trinajstić information content (AvgIpc) is 3.92. The van der Waals surface area contributed by atoms with Gasteiger partial charge in [-0.15, -0.1) is 0 Å². The Morgan fingerprint density at radius 2 is 1.57 bits per heavy atom. The Bertz CT molecular complexity index is 1830. The molecule has 10 aliphatic heterocycles. The highest BCUT2D eigenvalue weighted by Gasteiger charge is 2.68. The molecule has 334 valence electrons. The van der Waals surface area contributed by atoms with E-state index in [0.29, 0.717) is 36.3 Å². The number of carbonyl (C=O) groups excluding carboxylic acids is 2. The van der Waals surface area contributed by atoms with Crippen molar-refractivity contribution in [3.8, 4) is 0 Å². The van der Waals surface area contributed by atoms with E-state index >= 15 is 0 Å². The fourth-order valence-corrected chi connectivity index (χ4v) is 12.3. The molecular formula is C47H62ClNO12. The summed E-state index contributed by atoms with van der Waals surface area (Å²) in [7, 11) is 1.63. The Morgan fingerprint density at radius 3 is 2.39 bits per heavy atom. The van der Waals surface area contributed by atoms with Gasteiger partial charge in [-0.05, 0) is 86.3 Å². The summed E-state index contributed by atoms with van der Waals surface area (Å²) in [6.07, 6.45) is 3.31. The molecule has 14 heteroatoms. The Balaban J connectivity index is 0.887. The summed E-state index contributed by atoms with van der Waals surface area (Å²) in [5, 5.41) is 14.6. The number of fused-ring (bicyclic) bond motifs is 6. The van der Waals surface area contributed by atoms with Gasteiger partial charge in [0.25, 0.3) is 5.91 Å². The summed E-state index contributed by atoms with van der Waals surface area (Å²) in [6.45, 7) is 11.2. The molecular weight excluding hydrogens is 806 g/mol. The number of Topliss-reactive ketones (excluding diaryl/α,β-unsaturated/α-hetero) is 1. The van der Waals surface area contributed by atoms with Crippen molar-refractivity contribution in [3.05, 3.63) is 59.2 Å². The normalized spacial score (nSPS) is 46.2. The van der Waals surface area contributed by atoms with E-state index in [2.05, 4.69) is 25.4 Å². The Labute approximate surface area is 363 Å². The highest BCUT2D eigenvalue weighted by molar-refractivity contribution is 6.30. The molecule has 10 heterocycles. The van der Waals surface area contributed by atoms with Crippen LogP contribution in [-0.2, 0) is 47.4 Å². The third-order valence-electron chi connectivity index (χ3n) is 15.3. The zero-order valence-electron chi connectivity index (χ0n) is 35.3. The van der Waals surface area contributed by atoms with E-state index in [1.165, 1.54) is 0 Å². The summed E-state index contributed by atoms with van der Waals surface area (Å²) in [4.78, 5) is 27.1. The molecule has 2 N–H and O–H groups in total. The fourth-order valence-electron chi connectivity index (χ4n) is 12.2. The van der Waals surface area contributed by atoms with Crippen LogP contribution in [0.2, 0.25) is 5.02 Å². The van der Waals surface area contributed by atoms with Crippen molar-refractivity contribution in [1.82, 2.24) is 5.32 Å². The molecule has 11 rings (SSSR count). The van der Waals surface area contributed by atoms with Crippen LogP contribution in [0.1, 0.15) is 101 Å². The summed E-state index contributed by atoms with van der Waals surface area (Å²) in [6, 6.07) is 6.58. The maximum absolute atomic E-state index is 14.3. The molecule has 1 aromatic carbocycles. The van der Waals surface area contributed by atoms with Crippen molar-refractivity contribution in [2.75, 3.05) is 13.7 Å². The van der Waals surface area contributed by atoms with Crippen LogP contribution in [0.4, 0.5) is 0 Å². The number of methoxy groups -OCH3 is 1. The quantitative estimate of drug-likeness (QED) is 0.345. The number of ketones is 1. The van der Waals surface area contributed by atoms with Crippen LogP contribution < -0.4 is 5.32 Å². The van der Waals surface area contributed by atoms with Gasteiger partial charge in [0.1, 0.15) is 36.3 Å². The number of amides is 1. The zero-order chi connectivity index (χ0) is 42.2. The van der Waals surface area contributed by atoms with Gasteiger partial charge in [0.05, 0.1) is 67.1 Å². The third kappa shape index (κ3) is 8.44. The van der Waals surface area contributed by atoms with Crippen LogP contribution in [0.5, 0.6) is 0 Å². The zero-order valence-corrected chi connectivity index (χ0v) is 36.1. The van der Waals surface area contributed by atoms with E-state index in [4.69, 9.17) is 54.2 Å². The lowest BCUT2D eigenvalue weighted by Crippen LogP contribution is -2.61. The second-order valence-electron chi connectivity index (χ2n) is 19.4. The van der Waals surface area contributed by atoms with Crippen LogP contribution in [0.3, 0.4) is 0 Å². The average molecular weight is 868 g/mol. The van der Waals surface area contributed by atoms with Crippen molar-refractivity contribution < 1.29 is 57.3 Å². The molecule has 10 saturated heterocycles. The van der Waals surface area contributed by atoms with Crippen LogP contribution in [0, 0.1) is 11.8 Å². The van der Waals surface area contributed by atoms with Gasteiger partial charge in [0.2, 0.25) is 0 Å². The number of ether oxygens (including phenoxy) is 9. The monoisotopic (exact) mass is 867 g/mol. The van der Waals surface area contributed by atoms with Gasteiger partial charge < -0.3 is 53.1 Å². The van der Waals surface area contributed by atoms with Gasteiger partial charge in [0.15, 0.2) is 5.79 Å². The van der Waals surface area contributed by atoms with Gasteiger partial charge in [-0.25, -0.2) is 0 Å². The summed E-state index contributed by atoms with van der Waals surface area (Å²) in [5.74, 6) is -1.15. The number of hydrogen-bond donors (Lipinski definition) is 2. The summed E-state index contributed by atoms with van der Waals surface area (Å²) >= 11 is 6.01. The molecule has 1 spiro atoms. The minimum absolute atomic E-state index is 0.00391. The van der Waals surface area contributed by atoms with Gasteiger partial charge in [0, 0.05) is 68.7 Å². The molecule has 1 amide bonds. The SMILES string of the molecule is C=C1C[C@@H]2CC[C@@]34C[C@H]5O[C@@H]6C(O[C@H]7CC[C@H](CC(=O)C[C@@H]8[C@@H](OC)[C@@H](C[C@H](O)CNC(=O)c9ccc(Cl)cc9)O[C@H]8C[C@H]8O[C@@H](CC[C@@H]1O2)C[C@@H](C)C8=C)O[C@@H]7[C@@H]6O3)[C@H]5O4. The van der Waals surface area contributed by atoms with Crippen LogP contribution in [0.25, 0.3) is 0 Å². The molecule has 10 fully saturated rings.